The van der Waals surface area contributed by atoms with Crippen molar-refractivity contribution in [3.05, 3.63) is 0 Å². The molecule has 0 rings (SSSR count). The van der Waals surface area contributed by atoms with E-state index in [1.165, 1.54) is 109 Å². The average Bonchev–Trinajstić information content (AvgIpc) is 2.82. The third-order valence-corrected chi connectivity index (χ3v) is 6.53. The van der Waals surface area contributed by atoms with Gasteiger partial charge in [-0.3, -0.25) is 9.59 Å². The summed E-state index contributed by atoms with van der Waals surface area (Å²) in [6, 6.07) is 0. The predicted octanol–water partition coefficient (Wildman–Crippen LogP) is 9.47. The fourth-order valence-corrected chi connectivity index (χ4v) is 4.29. The van der Waals surface area contributed by atoms with Gasteiger partial charge in [-0.15, -0.1) is 0 Å². The zero-order valence-corrected chi connectivity index (χ0v) is 23.2. The van der Waals surface area contributed by atoms with Crippen LogP contribution >= 0.6 is 0 Å². The van der Waals surface area contributed by atoms with Gasteiger partial charge in [0.05, 0.1) is 0 Å². The highest BCUT2D eigenvalue weighted by molar-refractivity contribution is 5.70. The van der Waals surface area contributed by atoms with Crippen molar-refractivity contribution in [2.75, 3.05) is 6.61 Å². The van der Waals surface area contributed by atoms with Crippen LogP contribution in [-0.4, -0.2) is 24.6 Å². The molecule has 0 bridgehead atoms. The number of carbonyl (C=O) groups excluding carboxylic acids is 2. The predicted molar refractivity (Wildman–Crippen MR) is 144 cm³/mol. The van der Waals surface area contributed by atoms with Crippen LogP contribution in [0.3, 0.4) is 0 Å². The molecule has 0 spiro atoms. The Bertz CT molecular complexity index is 449. The van der Waals surface area contributed by atoms with Crippen LogP contribution in [0.25, 0.3) is 0 Å². The quantitative estimate of drug-likeness (QED) is 0.0909. The summed E-state index contributed by atoms with van der Waals surface area (Å²) in [7, 11) is 0. The Balaban J connectivity index is 3.43. The number of ether oxygens (including phenoxy) is 2. The molecule has 0 aromatic carbocycles. The van der Waals surface area contributed by atoms with Gasteiger partial charge in [-0.05, 0) is 19.8 Å². The SMILES string of the molecule is CCCCCCCCCCCCCCC(=O)OCC(C)OC(=O)CCCCCCCCCCC. The van der Waals surface area contributed by atoms with Gasteiger partial charge in [-0.2, -0.15) is 0 Å². The van der Waals surface area contributed by atoms with Crippen LogP contribution in [0.4, 0.5) is 0 Å². The molecule has 0 N–H and O–H groups in total. The van der Waals surface area contributed by atoms with Crippen molar-refractivity contribution in [1.82, 2.24) is 0 Å². The molecule has 0 aromatic heterocycles. The summed E-state index contributed by atoms with van der Waals surface area (Å²) >= 11 is 0. The molecule has 0 fully saturated rings. The maximum Gasteiger partial charge on any atom is 0.306 e. The molecule has 0 amide bonds. The molecule has 0 aliphatic heterocycles. The smallest absolute Gasteiger partial charge is 0.306 e. The fraction of sp³-hybridized carbons (Fsp3) is 0.933. The van der Waals surface area contributed by atoms with E-state index in [4.69, 9.17) is 9.47 Å². The summed E-state index contributed by atoms with van der Waals surface area (Å²) in [6.45, 7) is 6.47. The molecule has 1 unspecified atom stereocenters. The molecule has 1 atom stereocenters. The third-order valence-electron chi connectivity index (χ3n) is 6.53. The van der Waals surface area contributed by atoms with E-state index in [0.29, 0.717) is 12.8 Å². The summed E-state index contributed by atoms with van der Waals surface area (Å²) in [6.07, 6.45) is 27.0. The van der Waals surface area contributed by atoms with Gasteiger partial charge in [0, 0.05) is 12.8 Å². The molecule has 0 aliphatic carbocycles. The first-order valence-electron chi connectivity index (χ1n) is 14.9. The average molecular weight is 483 g/mol. The highest BCUT2D eigenvalue weighted by Gasteiger charge is 2.12. The highest BCUT2D eigenvalue weighted by atomic mass is 16.6. The maximum atomic E-state index is 11.9. The zero-order chi connectivity index (χ0) is 25.1. The van der Waals surface area contributed by atoms with E-state index in [1.807, 2.05) is 0 Å². The summed E-state index contributed by atoms with van der Waals surface area (Å²) in [5.41, 5.74) is 0. The normalized spacial score (nSPS) is 12.0. The van der Waals surface area contributed by atoms with Gasteiger partial charge in [-0.1, -0.05) is 136 Å². The van der Waals surface area contributed by atoms with Gasteiger partial charge in [0.1, 0.15) is 12.7 Å². The van der Waals surface area contributed by atoms with Crippen molar-refractivity contribution in [3.63, 3.8) is 0 Å². The van der Waals surface area contributed by atoms with Crippen LogP contribution in [0.5, 0.6) is 0 Å². The fourth-order valence-electron chi connectivity index (χ4n) is 4.29. The van der Waals surface area contributed by atoms with E-state index < -0.39 is 0 Å². The molecule has 0 aliphatic rings. The van der Waals surface area contributed by atoms with Gasteiger partial charge in [0.15, 0.2) is 0 Å². The van der Waals surface area contributed by atoms with Crippen LogP contribution < -0.4 is 0 Å². The summed E-state index contributed by atoms with van der Waals surface area (Å²) in [4.78, 5) is 23.8. The Morgan fingerprint density at radius 3 is 1.21 bits per heavy atom. The van der Waals surface area contributed by atoms with Crippen molar-refractivity contribution >= 4 is 11.9 Å². The van der Waals surface area contributed by atoms with Crippen LogP contribution in [0.15, 0.2) is 0 Å². The topological polar surface area (TPSA) is 52.6 Å². The molecule has 202 valence electrons. The van der Waals surface area contributed by atoms with Crippen molar-refractivity contribution in [3.8, 4) is 0 Å². The van der Waals surface area contributed by atoms with Gasteiger partial charge < -0.3 is 9.47 Å². The molecular formula is C30H58O4. The standard InChI is InChI=1S/C30H58O4/c1-4-6-8-10-12-14-15-16-18-19-21-23-25-29(31)33-27-28(3)34-30(32)26-24-22-20-17-13-11-9-7-5-2/h28H,4-27H2,1-3H3. The van der Waals surface area contributed by atoms with Crippen molar-refractivity contribution < 1.29 is 19.1 Å². The lowest BCUT2D eigenvalue weighted by Crippen LogP contribution is -2.22. The largest absolute Gasteiger partial charge is 0.462 e. The van der Waals surface area contributed by atoms with E-state index in [9.17, 15) is 9.59 Å². The molecule has 0 saturated carbocycles. The first kappa shape index (κ1) is 32.9. The number of esters is 2. The highest BCUT2D eigenvalue weighted by Crippen LogP contribution is 2.13. The van der Waals surface area contributed by atoms with Crippen LogP contribution in [-0.2, 0) is 19.1 Å². The van der Waals surface area contributed by atoms with E-state index in [0.717, 1.165) is 25.7 Å². The number of unbranched alkanes of at least 4 members (excludes halogenated alkanes) is 19. The molecule has 4 heteroatoms. The number of hydrogen-bond acceptors (Lipinski definition) is 4. The second-order valence-electron chi connectivity index (χ2n) is 10.2. The Labute approximate surface area is 212 Å². The number of carbonyl (C=O) groups is 2. The Kier molecular flexibility index (Phi) is 25.7. The molecule has 0 aromatic rings. The molecule has 4 nitrogen and oxygen atoms in total. The lowest BCUT2D eigenvalue weighted by molar-refractivity contribution is -0.158. The lowest BCUT2D eigenvalue weighted by Gasteiger charge is -2.13. The van der Waals surface area contributed by atoms with Crippen LogP contribution in [0.1, 0.15) is 168 Å². The lowest BCUT2D eigenvalue weighted by atomic mass is 10.0. The first-order chi connectivity index (χ1) is 16.6. The number of rotatable bonds is 26. The van der Waals surface area contributed by atoms with Crippen molar-refractivity contribution in [2.45, 2.75) is 175 Å². The molecular weight excluding hydrogens is 424 g/mol. The Morgan fingerprint density at radius 1 is 0.500 bits per heavy atom. The molecule has 0 radical (unpaired) electrons. The Morgan fingerprint density at radius 2 is 0.824 bits per heavy atom. The number of hydrogen-bond donors (Lipinski definition) is 0. The zero-order valence-electron chi connectivity index (χ0n) is 23.2. The summed E-state index contributed by atoms with van der Waals surface area (Å²) < 4.78 is 10.7. The van der Waals surface area contributed by atoms with E-state index >= 15 is 0 Å². The van der Waals surface area contributed by atoms with Crippen molar-refractivity contribution in [2.24, 2.45) is 0 Å². The summed E-state index contributed by atoms with van der Waals surface area (Å²) in [5.74, 6) is -0.346. The van der Waals surface area contributed by atoms with Crippen LogP contribution in [0.2, 0.25) is 0 Å². The van der Waals surface area contributed by atoms with Gasteiger partial charge in [0.2, 0.25) is 0 Å². The van der Waals surface area contributed by atoms with E-state index in [2.05, 4.69) is 13.8 Å². The maximum absolute atomic E-state index is 11.9. The van der Waals surface area contributed by atoms with E-state index in [-0.39, 0.29) is 24.6 Å². The minimum Gasteiger partial charge on any atom is -0.462 e. The first-order valence-corrected chi connectivity index (χ1v) is 14.9. The second-order valence-corrected chi connectivity index (χ2v) is 10.2. The van der Waals surface area contributed by atoms with E-state index in [1.54, 1.807) is 6.92 Å². The van der Waals surface area contributed by atoms with Gasteiger partial charge in [-0.25, -0.2) is 0 Å². The molecule has 0 saturated heterocycles. The monoisotopic (exact) mass is 482 g/mol. The minimum atomic E-state index is -0.364. The second kappa shape index (κ2) is 26.5. The van der Waals surface area contributed by atoms with Gasteiger partial charge in [0.25, 0.3) is 0 Å². The minimum absolute atomic E-state index is 0.167. The van der Waals surface area contributed by atoms with Crippen LogP contribution in [0, 0.1) is 0 Å². The van der Waals surface area contributed by atoms with Gasteiger partial charge >= 0.3 is 11.9 Å². The summed E-state index contributed by atoms with van der Waals surface area (Å²) in [5, 5.41) is 0. The molecule has 0 heterocycles. The molecule has 34 heavy (non-hydrogen) atoms. The third kappa shape index (κ3) is 25.6. The van der Waals surface area contributed by atoms with Crippen molar-refractivity contribution in [1.29, 1.82) is 0 Å². The Hall–Kier alpha value is -1.06.